The third-order valence-electron chi connectivity index (χ3n) is 9.47. The first-order valence-electron chi connectivity index (χ1n) is 17.7. The molecule has 0 bridgehead atoms. The van der Waals surface area contributed by atoms with Crippen molar-refractivity contribution in [3.8, 4) is 63.9 Å². The molecule has 0 spiro atoms. The maximum atomic E-state index is 13.3. The van der Waals surface area contributed by atoms with E-state index >= 15 is 0 Å². The second-order valence-electron chi connectivity index (χ2n) is 13.3. The van der Waals surface area contributed by atoms with E-state index in [9.17, 15) is 13.2 Å². The molecule has 0 N–H and O–H groups in total. The van der Waals surface area contributed by atoms with Crippen LogP contribution in [0, 0.1) is 35.5 Å². The van der Waals surface area contributed by atoms with Crippen molar-refractivity contribution in [2.24, 2.45) is 0 Å². The highest BCUT2D eigenvalue weighted by Gasteiger charge is 2.30. The van der Waals surface area contributed by atoms with Gasteiger partial charge in [-0.25, -0.2) is 0 Å². The Morgan fingerprint density at radius 3 is 1.70 bits per heavy atom. The van der Waals surface area contributed by atoms with E-state index in [1.54, 1.807) is 7.11 Å². The molecule has 1 aliphatic heterocycles. The molecule has 7 aromatic rings. The van der Waals surface area contributed by atoms with Crippen LogP contribution in [-0.2, 0) is 6.18 Å². The second kappa shape index (κ2) is 14.9. The van der Waals surface area contributed by atoms with Crippen LogP contribution in [0.1, 0.15) is 38.9 Å². The largest absolute Gasteiger partial charge is 0.497 e. The van der Waals surface area contributed by atoms with Gasteiger partial charge in [-0.3, -0.25) is 0 Å². The fourth-order valence-corrected chi connectivity index (χ4v) is 6.56. The van der Waals surface area contributed by atoms with Crippen LogP contribution in [0.2, 0.25) is 0 Å². The van der Waals surface area contributed by atoms with Gasteiger partial charge in [0.25, 0.3) is 0 Å². The SMILES string of the molecule is COc1ccc(C#Cc2ccc3c4c(ccc3c2)OCOc2c(C#Cc3ccc(C(F)(F)F)cc3)cc3cc(C#Cc5ccc(N(C)C)cc5)ccc3c2-4)cc1. The quantitative estimate of drug-likeness (QED) is 0.165. The summed E-state index contributed by atoms with van der Waals surface area (Å²) < 4.78 is 57.6. The molecule has 1 heterocycles. The van der Waals surface area contributed by atoms with Crippen molar-refractivity contribution < 1.29 is 27.4 Å². The summed E-state index contributed by atoms with van der Waals surface area (Å²) in [6.07, 6.45) is -4.44. The molecule has 7 heteroatoms. The lowest BCUT2D eigenvalue weighted by atomic mass is 9.89. The number of hydrogen-bond acceptors (Lipinski definition) is 4. The lowest BCUT2D eigenvalue weighted by Gasteiger charge is -2.16. The molecular formula is C49H32F3NO3. The highest BCUT2D eigenvalue weighted by Crippen LogP contribution is 2.48. The summed E-state index contributed by atoms with van der Waals surface area (Å²) in [4.78, 5) is 2.04. The van der Waals surface area contributed by atoms with Crippen molar-refractivity contribution in [2.75, 3.05) is 32.9 Å². The van der Waals surface area contributed by atoms with Gasteiger partial charge in [0.05, 0.1) is 18.2 Å². The minimum Gasteiger partial charge on any atom is -0.497 e. The van der Waals surface area contributed by atoms with Gasteiger partial charge in [-0.1, -0.05) is 53.7 Å². The molecular weight excluding hydrogens is 708 g/mol. The van der Waals surface area contributed by atoms with Crippen molar-refractivity contribution >= 4 is 27.2 Å². The Kier molecular flexibility index (Phi) is 9.49. The maximum absolute atomic E-state index is 13.3. The fourth-order valence-electron chi connectivity index (χ4n) is 6.56. The van der Waals surface area contributed by atoms with Gasteiger partial charge >= 0.3 is 6.18 Å². The van der Waals surface area contributed by atoms with E-state index in [1.165, 1.54) is 12.1 Å². The monoisotopic (exact) mass is 739 g/mol. The van der Waals surface area contributed by atoms with Gasteiger partial charge in [0, 0.05) is 58.7 Å². The first kappa shape index (κ1) is 35.7. The predicted octanol–water partition coefficient (Wildman–Crippen LogP) is 10.7. The van der Waals surface area contributed by atoms with Crippen LogP contribution in [0.15, 0.2) is 127 Å². The van der Waals surface area contributed by atoms with Gasteiger partial charge in [0.15, 0.2) is 0 Å². The highest BCUT2D eigenvalue weighted by molar-refractivity contribution is 6.11. The number of fused-ring (bicyclic) bond motifs is 7. The van der Waals surface area contributed by atoms with E-state index in [0.717, 1.165) is 78.5 Å². The van der Waals surface area contributed by atoms with Crippen LogP contribution in [-0.4, -0.2) is 28.0 Å². The van der Waals surface area contributed by atoms with Gasteiger partial charge in [0.2, 0.25) is 6.79 Å². The number of rotatable bonds is 2. The summed E-state index contributed by atoms with van der Waals surface area (Å²) in [5.41, 5.74) is 6.40. The molecule has 0 saturated carbocycles. The first-order valence-corrected chi connectivity index (χ1v) is 17.7. The Balaban J connectivity index is 1.27. The number of ether oxygens (including phenoxy) is 3. The zero-order chi connectivity index (χ0) is 38.8. The van der Waals surface area contributed by atoms with Gasteiger partial charge < -0.3 is 19.1 Å². The summed E-state index contributed by atoms with van der Waals surface area (Å²) in [7, 11) is 5.62. The molecule has 0 aromatic heterocycles. The van der Waals surface area contributed by atoms with E-state index in [4.69, 9.17) is 14.2 Å². The molecule has 1 aliphatic rings. The zero-order valence-electron chi connectivity index (χ0n) is 30.6. The van der Waals surface area contributed by atoms with Crippen LogP contribution in [0.25, 0.3) is 32.7 Å². The number of alkyl halides is 3. The molecule has 8 rings (SSSR count). The molecule has 0 atom stereocenters. The smallest absolute Gasteiger partial charge is 0.416 e. The molecule has 0 radical (unpaired) electrons. The third kappa shape index (κ3) is 7.42. The Morgan fingerprint density at radius 2 is 1.09 bits per heavy atom. The number of anilines is 1. The van der Waals surface area contributed by atoms with Crippen LogP contribution >= 0.6 is 0 Å². The topological polar surface area (TPSA) is 30.9 Å². The van der Waals surface area contributed by atoms with Crippen LogP contribution in [0.5, 0.6) is 17.2 Å². The molecule has 272 valence electrons. The van der Waals surface area contributed by atoms with Crippen molar-refractivity contribution in [3.63, 3.8) is 0 Å². The standard InChI is InChI=1S/C49H32F3NO3/c1-53(2)41-21-11-32(12-22-41)4-7-36-16-26-44-39(29-36)30-38(17-8-34-9-19-40(20-10-34)49(50,51)52)48-47(44)46-43-25-15-35(6-5-33-13-23-42(54-3)24-14-33)28-37(43)18-27-45(46)55-31-56-48/h9-16,18-30H,31H2,1-3H3. The Labute approximate surface area is 323 Å². The van der Waals surface area contributed by atoms with Gasteiger partial charge in [-0.15, -0.1) is 0 Å². The predicted molar refractivity (Wildman–Crippen MR) is 216 cm³/mol. The lowest BCUT2D eigenvalue weighted by molar-refractivity contribution is -0.137. The van der Waals surface area contributed by atoms with Crippen LogP contribution < -0.4 is 19.1 Å². The summed E-state index contributed by atoms with van der Waals surface area (Å²) in [5, 5.41) is 3.66. The molecule has 7 aromatic carbocycles. The minimum absolute atomic E-state index is 0.0619. The molecule has 4 nitrogen and oxygen atoms in total. The van der Waals surface area contributed by atoms with E-state index in [2.05, 4.69) is 35.5 Å². The van der Waals surface area contributed by atoms with Crippen molar-refractivity contribution in [1.82, 2.24) is 0 Å². The summed E-state index contributed by atoms with van der Waals surface area (Å²) in [6, 6.07) is 38.4. The van der Waals surface area contributed by atoms with Gasteiger partial charge in [0.1, 0.15) is 17.2 Å². The number of methoxy groups -OCH3 is 1. The van der Waals surface area contributed by atoms with E-state index in [-0.39, 0.29) is 6.79 Å². The minimum atomic E-state index is -4.44. The molecule has 0 unspecified atom stereocenters. The van der Waals surface area contributed by atoms with Gasteiger partial charge in [-0.2, -0.15) is 13.2 Å². The molecule has 0 fully saturated rings. The summed E-state index contributed by atoms with van der Waals surface area (Å²) in [5.74, 6) is 21.3. The van der Waals surface area contributed by atoms with Crippen molar-refractivity contribution in [1.29, 1.82) is 0 Å². The average molecular weight is 740 g/mol. The molecule has 0 aliphatic carbocycles. The first-order chi connectivity index (χ1) is 27.1. The number of benzene rings is 7. The number of nitrogens with zero attached hydrogens (tertiary/aromatic N) is 1. The second-order valence-corrected chi connectivity index (χ2v) is 13.3. The Morgan fingerprint density at radius 1 is 0.554 bits per heavy atom. The van der Waals surface area contributed by atoms with E-state index < -0.39 is 11.7 Å². The van der Waals surface area contributed by atoms with Gasteiger partial charge in [-0.05, 0) is 131 Å². The Bertz CT molecular complexity index is 2820. The fraction of sp³-hybridized carbons (Fsp3) is 0.102. The van der Waals surface area contributed by atoms with Crippen LogP contribution in [0.3, 0.4) is 0 Å². The molecule has 56 heavy (non-hydrogen) atoms. The van der Waals surface area contributed by atoms with Crippen molar-refractivity contribution in [2.45, 2.75) is 6.18 Å². The van der Waals surface area contributed by atoms with E-state index in [0.29, 0.717) is 22.6 Å². The zero-order valence-corrected chi connectivity index (χ0v) is 30.6. The summed E-state index contributed by atoms with van der Waals surface area (Å²) >= 11 is 0. The van der Waals surface area contributed by atoms with E-state index in [1.807, 2.05) is 122 Å². The molecule has 0 saturated heterocycles. The maximum Gasteiger partial charge on any atom is 0.416 e. The average Bonchev–Trinajstić information content (AvgIpc) is 3.41. The normalized spacial score (nSPS) is 11.5. The number of hydrogen-bond donors (Lipinski definition) is 0. The Hall–Kier alpha value is -7.27. The van der Waals surface area contributed by atoms with Crippen LogP contribution in [0.4, 0.5) is 18.9 Å². The third-order valence-corrected chi connectivity index (χ3v) is 9.47. The lowest BCUT2D eigenvalue weighted by Crippen LogP contribution is -2.07. The number of halogens is 3. The van der Waals surface area contributed by atoms with Crippen molar-refractivity contribution in [3.05, 3.63) is 166 Å². The molecule has 0 amide bonds. The summed E-state index contributed by atoms with van der Waals surface area (Å²) in [6.45, 7) is -0.0619. The highest BCUT2D eigenvalue weighted by atomic mass is 19.4.